The van der Waals surface area contributed by atoms with Gasteiger partial charge in [-0.15, -0.1) is 11.8 Å². The molecule has 0 aromatic heterocycles. The van der Waals surface area contributed by atoms with Crippen molar-refractivity contribution in [2.75, 3.05) is 0 Å². The average Bonchev–Trinajstić information content (AvgIpc) is 2.62. The van der Waals surface area contributed by atoms with E-state index in [0.717, 1.165) is 5.25 Å². The second-order valence-corrected chi connectivity index (χ2v) is 5.33. The van der Waals surface area contributed by atoms with Crippen molar-refractivity contribution in [3.05, 3.63) is 39.3 Å². The van der Waals surface area contributed by atoms with Crippen LogP contribution in [-0.4, -0.2) is 0 Å². The number of hydrogen-bond donors (Lipinski definition) is 0. The molecule has 1 aliphatic heterocycles. The summed E-state index contributed by atoms with van der Waals surface area (Å²) < 4.78 is 0. The second kappa shape index (κ2) is 2.03. The summed E-state index contributed by atoms with van der Waals surface area (Å²) in [5.41, 5.74) is 6.35. The molecule has 3 aliphatic rings. The van der Waals surface area contributed by atoms with E-state index in [-0.39, 0.29) is 0 Å². The predicted octanol–water partition coefficient (Wildman–Crippen LogP) is 3.32. The van der Waals surface area contributed by atoms with Crippen molar-refractivity contribution in [3.8, 4) is 0 Å². The summed E-state index contributed by atoms with van der Waals surface area (Å²) in [5.74, 6) is 0. The van der Waals surface area contributed by atoms with Gasteiger partial charge in [0.25, 0.3) is 0 Å². The van der Waals surface area contributed by atoms with Crippen LogP contribution in [0.3, 0.4) is 0 Å². The molecule has 1 aromatic carbocycles. The molecule has 2 aliphatic carbocycles. The van der Waals surface area contributed by atoms with Crippen LogP contribution in [0.1, 0.15) is 33.9 Å². The van der Waals surface area contributed by atoms with Gasteiger partial charge in [-0.25, -0.2) is 0 Å². The van der Waals surface area contributed by atoms with Gasteiger partial charge in [-0.1, -0.05) is 12.1 Å². The van der Waals surface area contributed by atoms with Crippen LogP contribution in [-0.2, 0) is 12.8 Å². The monoisotopic (exact) mass is 186 g/mol. The average molecular weight is 186 g/mol. The second-order valence-electron chi connectivity index (χ2n) is 4.15. The molecule has 13 heavy (non-hydrogen) atoms. The van der Waals surface area contributed by atoms with Gasteiger partial charge < -0.3 is 0 Å². The first-order chi connectivity index (χ1) is 6.42. The molecule has 1 atom stereocenters. The lowest BCUT2D eigenvalue weighted by atomic mass is 10.0. The van der Waals surface area contributed by atoms with Crippen LogP contribution in [0.15, 0.2) is 17.0 Å². The van der Waals surface area contributed by atoms with Crippen molar-refractivity contribution >= 4 is 17.8 Å². The van der Waals surface area contributed by atoms with Gasteiger partial charge in [-0.05, 0) is 47.6 Å². The van der Waals surface area contributed by atoms with E-state index in [1.165, 1.54) is 24.8 Å². The molecule has 0 radical (unpaired) electrons. The quantitative estimate of drug-likeness (QED) is 0.560. The Morgan fingerprint density at radius 3 is 2.92 bits per heavy atom. The Labute approximate surface area is 82.0 Å². The van der Waals surface area contributed by atoms with Gasteiger partial charge in [-0.3, -0.25) is 0 Å². The Morgan fingerprint density at radius 1 is 1.15 bits per heavy atom. The molecule has 0 spiro atoms. The smallest absolute Gasteiger partial charge is 0.0656 e. The topological polar surface area (TPSA) is 0 Å². The van der Waals surface area contributed by atoms with Crippen LogP contribution in [0.25, 0.3) is 6.08 Å². The fourth-order valence-corrected chi connectivity index (χ4v) is 3.52. The molecular formula is C12H10S. The van der Waals surface area contributed by atoms with E-state index in [2.05, 4.69) is 18.2 Å². The molecule has 1 aromatic rings. The predicted molar refractivity (Wildman–Crippen MR) is 56.8 cm³/mol. The third kappa shape index (κ3) is 0.786. The first-order valence-corrected chi connectivity index (χ1v) is 5.84. The molecule has 64 valence electrons. The fourth-order valence-electron chi connectivity index (χ4n) is 2.60. The molecule has 0 saturated carbocycles. The third-order valence-corrected chi connectivity index (χ3v) is 4.45. The summed E-state index contributed by atoms with van der Waals surface area (Å²) in [6.07, 6.45) is 6.37. The van der Waals surface area contributed by atoms with Crippen molar-refractivity contribution in [1.29, 1.82) is 0 Å². The van der Waals surface area contributed by atoms with Crippen molar-refractivity contribution < 1.29 is 0 Å². The van der Waals surface area contributed by atoms with Crippen LogP contribution in [0.5, 0.6) is 0 Å². The molecule has 0 nitrogen and oxygen atoms in total. The van der Waals surface area contributed by atoms with Gasteiger partial charge in [0, 0.05) is 4.91 Å². The maximum atomic E-state index is 2.46. The zero-order valence-corrected chi connectivity index (χ0v) is 8.16. The molecule has 1 heterocycles. The van der Waals surface area contributed by atoms with Gasteiger partial charge >= 0.3 is 0 Å². The number of rotatable bonds is 0. The van der Waals surface area contributed by atoms with Gasteiger partial charge in [0.1, 0.15) is 0 Å². The summed E-state index contributed by atoms with van der Waals surface area (Å²) >= 11 is 2.03. The Bertz CT molecular complexity index is 443. The normalized spacial score (nSPS) is 26.5. The van der Waals surface area contributed by atoms with Gasteiger partial charge in [0.2, 0.25) is 0 Å². The molecule has 0 amide bonds. The summed E-state index contributed by atoms with van der Waals surface area (Å²) in [4.78, 5) is 1.60. The minimum Gasteiger partial charge on any atom is -0.115 e. The van der Waals surface area contributed by atoms with Crippen molar-refractivity contribution in [3.63, 3.8) is 0 Å². The van der Waals surface area contributed by atoms with Gasteiger partial charge in [0.15, 0.2) is 0 Å². The highest BCUT2D eigenvalue weighted by Gasteiger charge is 2.39. The summed E-state index contributed by atoms with van der Waals surface area (Å²) in [6, 6.07) is 4.89. The van der Waals surface area contributed by atoms with Crippen molar-refractivity contribution in [2.45, 2.75) is 24.5 Å². The molecule has 1 heteroatoms. The molecular weight excluding hydrogens is 176 g/mol. The van der Waals surface area contributed by atoms with E-state index >= 15 is 0 Å². The summed E-state index contributed by atoms with van der Waals surface area (Å²) in [6.45, 7) is 0. The van der Waals surface area contributed by atoms with Crippen molar-refractivity contribution in [1.82, 2.24) is 0 Å². The Kier molecular flexibility index (Phi) is 1.05. The first-order valence-electron chi connectivity index (χ1n) is 4.96. The van der Waals surface area contributed by atoms with Gasteiger partial charge in [-0.2, -0.15) is 0 Å². The highest BCUT2D eigenvalue weighted by atomic mass is 32.2. The summed E-state index contributed by atoms with van der Waals surface area (Å²) in [7, 11) is 0. The maximum Gasteiger partial charge on any atom is 0.0656 e. The minimum atomic E-state index is 0.765. The number of benzene rings is 1. The number of hydrogen-bond acceptors (Lipinski definition) is 1. The molecule has 0 bridgehead atoms. The van der Waals surface area contributed by atoms with Crippen LogP contribution < -0.4 is 0 Å². The third-order valence-electron chi connectivity index (χ3n) is 3.33. The van der Waals surface area contributed by atoms with E-state index < -0.39 is 0 Å². The SMILES string of the molecule is C1=C2SC2c2cc3c(cc21)CCC3. The number of aryl methyl sites for hydroxylation is 2. The van der Waals surface area contributed by atoms with E-state index in [4.69, 9.17) is 0 Å². The van der Waals surface area contributed by atoms with E-state index in [1.807, 2.05) is 11.8 Å². The van der Waals surface area contributed by atoms with Crippen LogP contribution in [0.2, 0.25) is 0 Å². The maximum absolute atomic E-state index is 2.46. The zero-order chi connectivity index (χ0) is 8.41. The molecule has 1 fully saturated rings. The summed E-state index contributed by atoms with van der Waals surface area (Å²) in [5, 5.41) is 0.765. The fraction of sp³-hybridized carbons (Fsp3) is 0.333. The van der Waals surface area contributed by atoms with Crippen LogP contribution in [0.4, 0.5) is 0 Å². The van der Waals surface area contributed by atoms with E-state index in [1.54, 1.807) is 21.6 Å². The lowest BCUT2D eigenvalue weighted by molar-refractivity contribution is 0.911. The van der Waals surface area contributed by atoms with Crippen LogP contribution in [0, 0.1) is 0 Å². The highest BCUT2D eigenvalue weighted by molar-refractivity contribution is 8.11. The van der Waals surface area contributed by atoms with Crippen LogP contribution >= 0.6 is 11.8 Å². The number of fused-ring (bicyclic) bond motifs is 4. The Morgan fingerprint density at radius 2 is 2.00 bits per heavy atom. The molecule has 0 N–H and O–H groups in total. The molecule has 4 rings (SSSR count). The molecule has 1 saturated heterocycles. The zero-order valence-electron chi connectivity index (χ0n) is 7.34. The first kappa shape index (κ1) is 6.72. The molecule has 1 unspecified atom stereocenters. The van der Waals surface area contributed by atoms with E-state index in [9.17, 15) is 0 Å². The number of thioether (sulfide) groups is 1. The van der Waals surface area contributed by atoms with Crippen molar-refractivity contribution in [2.24, 2.45) is 0 Å². The largest absolute Gasteiger partial charge is 0.115 e. The van der Waals surface area contributed by atoms with Gasteiger partial charge in [0.05, 0.1) is 5.25 Å². The Balaban J connectivity index is 2.00. The minimum absolute atomic E-state index is 0.765. The standard InChI is InChI=1S/C12H10S/c1-2-7-4-9-6-11-12(13-11)10(9)5-8(7)3-1/h4-6,12H,1-3H2. The van der Waals surface area contributed by atoms with E-state index in [0.29, 0.717) is 0 Å². The Hall–Kier alpha value is -0.690. The highest BCUT2D eigenvalue weighted by Crippen LogP contribution is 2.65. The lowest BCUT2D eigenvalue weighted by Gasteiger charge is -2.05. The lowest BCUT2D eigenvalue weighted by Crippen LogP contribution is -1.88.